The van der Waals surface area contributed by atoms with Crippen LogP contribution in [0.1, 0.15) is 70.6 Å². The number of nitrogens with one attached hydrogen (secondary N) is 1. The maximum atomic E-state index is 12.5. The second-order valence-corrected chi connectivity index (χ2v) is 8.50. The number of ether oxygens (including phenoxy) is 1. The molecule has 3 aliphatic rings. The summed E-state index contributed by atoms with van der Waals surface area (Å²) in [6.45, 7) is 4.27. The van der Waals surface area contributed by atoms with E-state index in [9.17, 15) is 4.79 Å². The molecule has 24 heavy (non-hydrogen) atoms. The molecule has 1 N–H and O–H groups in total. The quantitative estimate of drug-likeness (QED) is 0.702. The number of carbonyl (C=O) groups is 1. The van der Waals surface area contributed by atoms with E-state index in [1.165, 1.54) is 45.1 Å². The number of amides is 1. The first-order valence-electron chi connectivity index (χ1n) is 10.2. The van der Waals surface area contributed by atoms with E-state index >= 15 is 0 Å². The molecule has 0 spiro atoms. The minimum absolute atomic E-state index is 0.0250. The molecular formula is C20H36N2O2. The van der Waals surface area contributed by atoms with Crippen molar-refractivity contribution in [1.29, 1.82) is 0 Å². The van der Waals surface area contributed by atoms with Crippen LogP contribution in [0, 0.1) is 11.8 Å². The van der Waals surface area contributed by atoms with E-state index in [1.807, 2.05) is 0 Å². The first-order chi connectivity index (χ1) is 11.7. The van der Waals surface area contributed by atoms with Crippen LogP contribution in [-0.4, -0.2) is 49.7 Å². The Hall–Kier alpha value is -0.610. The first-order valence-corrected chi connectivity index (χ1v) is 10.2. The summed E-state index contributed by atoms with van der Waals surface area (Å²) >= 11 is 0. The Morgan fingerprint density at radius 2 is 1.83 bits per heavy atom. The monoisotopic (exact) mass is 336 g/mol. The molecular weight excluding hydrogens is 300 g/mol. The van der Waals surface area contributed by atoms with Gasteiger partial charge in [-0.05, 0) is 50.4 Å². The van der Waals surface area contributed by atoms with Gasteiger partial charge in [0.05, 0.1) is 0 Å². The molecule has 0 unspecified atom stereocenters. The van der Waals surface area contributed by atoms with Gasteiger partial charge in [0.25, 0.3) is 0 Å². The number of likely N-dealkylation sites (tertiary alicyclic amines) is 1. The molecule has 1 amide bonds. The van der Waals surface area contributed by atoms with E-state index in [4.69, 9.17) is 4.74 Å². The zero-order chi connectivity index (χ0) is 16.8. The fourth-order valence-electron chi connectivity index (χ4n) is 4.56. The molecule has 3 fully saturated rings. The number of piperidine rings is 1. The largest absolute Gasteiger partial charge is 0.385 e. The van der Waals surface area contributed by atoms with Gasteiger partial charge in [-0.1, -0.05) is 25.7 Å². The van der Waals surface area contributed by atoms with Crippen LogP contribution in [0.25, 0.3) is 0 Å². The Morgan fingerprint density at radius 1 is 1.12 bits per heavy atom. The molecule has 2 saturated carbocycles. The zero-order valence-electron chi connectivity index (χ0n) is 15.5. The molecule has 0 aromatic rings. The third kappa shape index (κ3) is 5.45. The van der Waals surface area contributed by atoms with Crippen molar-refractivity contribution in [3.8, 4) is 0 Å². The van der Waals surface area contributed by atoms with Crippen molar-refractivity contribution in [2.24, 2.45) is 11.8 Å². The van der Waals surface area contributed by atoms with E-state index < -0.39 is 0 Å². The third-order valence-corrected chi connectivity index (χ3v) is 6.47. The van der Waals surface area contributed by atoms with Crippen LogP contribution >= 0.6 is 0 Å². The van der Waals surface area contributed by atoms with Crippen molar-refractivity contribution < 1.29 is 9.53 Å². The van der Waals surface area contributed by atoms with Gasteiger partial charge in [0.15, 0.2) is 0 Å². The SMILES string of the molecule is COCCC1(NC(=O)CCC2CCCC2)CCN(CC2CC2)CC1. The van der Waals surface area contributed by atoms with Crippen molar-refractivity contribution in [2.75, 3.05) is 33.4 Å². The summed E-state index contributed by atoms with van der Waals surface area (Å²) < 4.78 is 5.33. The summed E-state index contributed by atoms with van der Waals surface area (Å²) in [6, 6.07) is 0. The zero-order valence-corrected chi connectivity index (χ0v) is 15.5. The second-order valence-electron chi connectivity index (χ2n) is 8.50. The molecule has 0 atom stereocenters. The summed E-state index contributed by atoms with van der Waals surface area (Å²) in [6.07, 6.45) is 13.1. The number of nitrogens with zero attached hydrogens (tertiary/aromatic N) is 1. The van der Waals surface area contributed by atoms with Crippen LogP contribution in [0.15, 0.2) is 0 Å². The fraction of sp³-hybridized carbons (Fsp3) is 0.950. The van der Waals surface area contributed by atoms with Gasteiger partial charge < -0.3 is 15.0 Å². The topological polar surface area (TPSA) is 41.6 Å². The minimum atomic E-state index is -0.0250. The van der Waals surface area contributed by atoms with E-state index in [0.29, 0.717) is 6.42 Å². The molecule has 1 heterocycles. The van der Waals surface area contributed by atoms with Crippen LogP contribution in [0.2, 0.25) is 0 Å². The average Bonchev–Trinajstić information content (AvgIpc) is 3.24. The highest BCUT2D eigenvalue weighted by Crippen LogP contribution is 2.33. The molecule has 4 nitrogen and oxygen atoms in total. The molecule has 1 aliphatic heterocycles. The number of carbonyl (C=O) groups excluding carboxylic acids is 1. The van der Waals surface area contributed by atoms with Crippen LogP contribution in [0.3, 0.4) is 0 Å². The van der Waals surface area contributed by atoms with Crippen molar-refractivity contribution >= 4 is 5.91 Å². The molecule has 138 valence electrons. The third-order valence-electron chi connectivity index (χ3n) is 6.47. The molecule has 0 radical (unpaired) electrons. The number of rotatable bonds is 9. The number of hydrogen-bond acceptors (Lipinski definition) is 3. The lowest BCUT2D eigenvalue weighted by atomic mass is 9.84. The predicted molar refractivity (Wildman–Crippen MR) is 97.0 cm³/mol. The summed E-state index contributed by atoms with van der Waals surface area (Å²) in [5, 5.41) is 3.44. The Labute approximate surface area is 147 Å². The molecule has 0 aromatic carbocycles. The maximum absolute atomic E-state index is 12.5. The van der Waals surface area contributed by atoms with E-state index in [1.54, 1.807) is 7.11 Å². The Bertz CT molecular complexity index is 394. The van der Waals surface area contributed by atoms with Crippen molar-refractivity contribution in [3.63, 3.8) is 0 Å². The molecule has 4 heteroatoms. The van der Waals surface area contributed by atoms with Crippen LogP contribution in [0.5, 0.6) is 0 Å². The number of hydrogen-bond donors (Lipinski definition) is 1. The van der Waals surface area contributed by atoms with Gasteiger partial charge in [-0.15, -0.1) is 0 Å². The summed E-state index contributed by atoms with van der Waals surface area (Å²) in [4.78, 5) is 15.1. The van der Waals surface area contributed by atoms with Crippen molar-refractivity contribution in [2.45, 2.75) is 76.2 Å². The first kappa shape index (κ1) is 18.2. The molecule has 0 bridgehead atoms. The number of methoxy groups -OCH3 is 1. The van der Waals surface area contributed by atoms with Crippen LogP contribution < -0.4 is 5.32 Å². The highest BCUT2D eigenvalue weighted by atomic mass is 16.5. The van der Waals surface area contributed by atoms with Crippen LogP contribution in [0.4, 0.5) is 0 Å². The Morgan fingerprint density at radius 3 is 2.46 bits per heavy atom. The smallest absolute Gasteiger partial charge is 0.220 e. The van der Waals surface area contributed by atoms with E-state index in [0.717, 1.165) is 57.2 Å². The van der Waals surface area contributed by atoms with Gasteiger partial charge in [0.2, 0.25) is 5.91 Å². The molecule has 2 aliphatic carbocycles. The Kier molecular flexibility index (Phi) is 6.56. The van der Waals surface area contributed by atoms with Gasteiger partial charge >= 0.3 is 0 Å². The standard InChI is InChI=1S/C20H36N2O2/c1-24-15-12-20(10-13-22(14-11-20)16-18-6-7-18)21-19(23)9-8-17-4-2-3-5-17/h17-18H,2-16H2,1H3,(H,21,23). The normalized spacial score (nSPS) is 25.0. The van der Waals surface area contributed by atoms with E-state index in [2.05, 4.69) is 10.2 Å². The van der Waals surface area contributed by atoms with Gasteiger partial charge in [-0.2, -0.15) is 0 Å². The lowest BCUT2D eigenvalue weighted by Gasteiger charge is -2.42. The van der Waals surface area contributed by atoms with Gasteiger partial charge in [-0.25, -0.2) is 0 Å². The van der Waals surface area contributed by atoms with Gasteiger partial charge in [0, 0.05) is 45.3 Å². The highest BCUT2D eigenvalue weighted by molar-refractivity contribution is 5.76. The molecule has 1 saturated heterocycles. The summed E-state index contributed by atoms with van der Waals surface area (Å²) in [5.74, 6) is 2.03. The highest BCUT2D eigenvalue weighted by Gasteiger charge is 2.37. The second kappa shape index (κ2) is 8.66. The van der Waals surface area contributed by atoms with Gasteiger partial charge in [0.1, 0.15) is 0 Å². The molecule has 0 aromatic heterocycles. The lowest BCUT2D eigenvalue weighted by molar-refractivity contribution is -0.124. The van der Waals surface area contributed by atoms with Crippen molar-refractivity contribution in [1.82, 2.24) is 10.2 Å². The maximum Gasteiger partial charge on any atom is 0.220 e. The molecule has 3 rings (SSSR count). The summed E-state index contributed by atoms with van der Waals surface area (Å²) in [7, 11) is 1.76. The van der Waals surface area contributed by atoms with E-state index in [-0.39, 0.29) is 11.4 Å². The Balaban J connectivity index is 1.45. The minimum Gasteiger partial charge on any atom is -0.385 e. The van der Waals surface area contributed by atoms with Crippen molar-refractivity contribution in [3.05, 3.63) is 0 Å². The predicted octanol–water partition coefficient (Wildman–Crippen LogP) is 3.35. The van der Waals surface area contributed by atoms with Crippen LogP contribution in [-0.2, 0) is 9.53 Å². The fourth-order valence-corrected chi connectivity index (χ4v) is 4.56. The average molecular weight is 337 g/mol. The lowest BCUT2D eigenvalue weighted by Crippen LogP contribution is -2.56. The van der Waals surface area contributed by atoms with Gasteiger partial charge in [-0.3, -0.25) is 4.79 Å². The summed E-state index contributed by atoms with van der Waals surface area (Å²) in [5.41, 5.74) is -0.0250.